The van der Waals surface area contributed by atoms with Gasteiger partial charge in [0.2, 0.25) is 0 Å². The second-order valence-corrected chi connectivity index (χ2v) is 7.38. The van der Waals surface area contributed by atoms with Gasteiger partial charge in [-0.25, -0.2) is 0 Å². The molecule has 1 N–H and O–H groups in total. The summed E-state index contributed by atoms with van der Waals surface area (Å²) in [6, 6.07) is 3.52. The van der Waals surface area contributed by atoms with E-state index in [0.29, 0.717) is 37.0 Å². The van der Waals surface area contributed by atoms with Gasteiger partial charge in [0.1, 0.15) is 0 Å². The minimum Gasteiger partial charge on any atom is -0.466 e. The Bertz CT molecular complexity index is 640. The molecule has 0 saturated heterocycles. The molecule has 1 aliphatic rings. The highest BCUT2D eigenvalue weighted by atomic mass is 16.5. The number of aromatic nitrogens is 1. The van der Waals surface area contributed by atoms with Crippen LogP contribution in [-0.4, -0.2) is 30.0 Å². The normalized spacial score (nSPS) is 22.7. The number of nitrogens with one attached hydrogen (secondary N) is 1. The van der Waals surface area contributed by atoms with Gasteiger partial charge in [0, 0.05) is 18.9 Å². The van der Waals surface area contributed by atoms with Gasteiger partial charge in [-0.3, -0.25) is 14.6 Å². The van der Waals surface area contributed by atoms with Crippen molar-refractivity contribution in [3.63, 3.8) is 0 Å². The molecule has 0 aromatic carbocycles. The van der Waals surface area contributed by atoms with E-state index in [1.54, 1.807) is 24.5 Å². The highest BCUT2D eigenvalue weighted by molar-refractivity contribution is 5.93. The molecular weight excluding hydrogens is 328 g/mol. The number of esters is 1. The van der Waals surface area contributed by atoms with Crippen LogP contribution in [0.4, 0.5) is 0 Å². The van der Waals surface area contributed by atoms with Crippen molar-refractivity contribution in [2.24, 2.45) is 23.7 Å². The van der Waals surface area contributed by atoms with E-state index in [1.165, 1.54) is 5.57 Å². The summed E-state index contributed by atoms with van der Waals surface area (Å²) in [5.41, 5.74) is 1.79. The number of pyridine rings is 1. The van der Waals surface area contributed by atoms with Crippen LogP contribution in [0.1, 0.15) is 50.9 Å². The zero-order valence-electron chi connectivity index (χ0n) is 16.2. The Kier molecular flexibility index (Phi) is 7.37. The van der Waals surface area contributed by atoms with Crippen molar-refractivity contribution in [1.29, 1.82) is 0 Å². The van der Waals surface area contributed by atoms with Crippen molar-refractivity contribution >= 4 is 11.9 Å². The van der Waals surface area contributed by atoms with Crippen molar-refractivity contribution in [2.45, 2.75) is 40.5 Å². The maximum Gasteiger partial charge on any atom is 0.306 e. The van der Waals surface area contributed by atoms with E-state index in [2.05, 4.69) is 37.1 Å². The maximum absolute atomic E-state index is 12.3. The van der Waals surface area contributed by atoms with Crippen molar-refractivity contribution in [2.75, 3.05) is 13.2 Å². The smallest absolute Gasteiger partial charge is 0.306 e. The number of hydrogen-bond donors (Lipinski definition) is 1. The number of carbonyl (C=O) groups is 2. The molecule has 26 heavy (non-hydrogen) atoms. The van der Waals surface area contributed by atoms with Crippen LogP contribution >= 0.6 is 0 Å². The Balaban J connectivity index is 2.03. The van der Waals surface area contributed by atoms with Crippen LogP contribution < -0.4 is 5.32 Å². The van der Waals surface area contributed by atoms with E-state index in [-0.39, 0.29) is 23.7 Å². The molecule has 1 aromatic heterocycles. The van der Waals surface area contributed by atoms with Crippen LogP contribution in [0, 0.1) is 23.7 Å². The molecule has 0 fully saturated rings. The fourth-order valence-electron chi connectivity index (χ4n) is 3.74. The molecule has 3 atom stereocenters. The van der Waals surface area contributed by atoms with E-state index in [9.17, 15) is 9.59 Å². The van der Waals surface area contributed by atoms with Gasteiger partial charge in [0.25, 0.3) is 5.91 Å². The van der Waals surface area contributed by atoms with Gasteiger partial charge in [-0.1, -0.05) is 25.5 Å². The third-order valence-corrected chi connectivity index (χ3v) is 5.22. The lowest BCUT2D eigenvalue weighted by molar-refractivity contribution is -0.144. The lowest BCUT2D eigenvalue weighted by atomic mass is 9.70. The molecule has 5 nitrogen and oxygen atoms in total. The SMILES string of the molecule is CCOC(=O)CC1CC(C(C)C)C(CNC(=O)c2cccnc2)C=C1C. The molecule has 142 valence electrons. The number of rotatable bonds is 7. The second-order valence-electron chi connectivity index (χ2n) is 7.38. The van der Waals surface area contributed by atoms with Crippen molar-refractivity contribution < 1.29 is 14.3 Å². The van der Waals surface area contributed by atoms with E-state index in [0.717, 1.165) is 6.42 Å². The molecule has 0 spiro atoms. The lowest BCUT2D eigenvalue weighted by Crippen LogP contribution is -2.37. The molecule has 0 bridgehead atoms. The van der Waals surface area contributed by atoms with E-state index in [1.807, 2.05) is 6.92 Å². The van der Waals surface area contributed by atoms with Crippen LogP contribution in [0.15, 0.2) is 36.2 Å². The molecule has 5 heteroatoms. The summed E-state index contributed by atoms with van der Waals surface area (Å²) in [4.78, 5) is 28.2. The first-order chi connectivity index (χ1) is 12.4. The monoisotopic (exact) mass is 358 g/mol. The van der Waals surface area contributed by atoms with Crippen LogP contribution in [0.5, 0.6) is 0 Å². The molecule has 3 unspecified atom stereocenters. The summed E-state index contributed by atoms with van der Waals surface area (Å²) in [6.45, 7) is 9.34. The highest BCUT2D eigenvalue weighted by Crippen LogP contribution is 2.38. The predicted molar refractivity (Wildman–Crippen MR) is 102 cm³/mol. The Morgan fingerprint density at radius 3 is 2.77 bits per heavy atom. The van der Waals surface area contributed by atoms with Gasteiger partial charge in [-0.05, 0) is 56.1 Å². The largest absolute Gasteiger partial charge is 0.466 e. The number of nitrogens with zero attached hydrogens (tertiary/aromatic N) is 1. The van der Waals surface area contributed by atoms with E-state index in [4.69, 9.17) is 4.74 Å². The van der Waals surface area contributed by atoms with E-state index >= 15 is 0 Å². The molecule has 1 aliphatic carbocycles. The maximum atomic E-state index is 12.3. The fourth-order valence-corrected chi connectivity index (χ4v) is 3.74. The lowest BCUT2D eigenvalue weighted by Gasteiger charge is -2.37. The highest BCUT2D eigenvalue weighted by Gasteiger charge is 2.32. The average molecular weight is 358 g/mol. The average Bonchev–Trinajstić information content (AvgIpc) is 2.62. The van der Waals surface area contributed by atoms with Gasteiger partial charge in [-0.2, -0.15) is 0 Å². The first-order valence-corrected chi connectivity index (χ1v) is 9.44. The predicted octanol–water partition coefficient (Wildman–Crippen LogP) is 3.62. The Hall–Kier alpha value is -2.17. The van der Waals surface area contributed by atoms with E-state index < -0.39 is 0 Å². The first-order valence-electron chi connectivity index (χ1n) is 9.44. The van der Waals surface area contributed by atoms with Gasteiger partial charge < -0.3 is 10.1 Å². The van der Waals surface area contributed by atoms with Crippen LogP contribution in [0.3, 0.4) is 0 Å². The van der Waals surface area contributed by atoms with Crippen molar-refractivity contribution in [3.8, 4) is 0 Å². The van der Waals surface area contributed by atoms with Crippen molar-refractivity contribution in [1.82, 2.24) is 10.3 Å². The van der Waals surface area contributed by atoms with Gasteiger partial charge >= 0.3 is 5.97 Å². The van der Waals surface area contributed by atoms with Gasteiger partial charge in [0.15, 0.2) is 0 Å². The first kappa shape index (κ1) is 20.1. The quantitative estimate of drug-likeness (QED) is 0.597. The third kappa shape index (κ3) is 5.41. The summed E-state index contributed by atoms with van der Waals surface area (Å²) in [5, 5.41) is 3.03. The van der Waals surface area contributed by atoms with Gasteiger partial charge in [-0.15, -0.1) is 0 Å². The molecule has 1 amide bonds. The van der Waals surface area contributed by atoms with Crippen LogP contribution in [0.2, 0.25) is 0 Å². The summed E-state index contributed by atoms with van der Waals surface area (Å²) in [7, 11) is 0. The molecule has 1 aromatic rings. The standard InChI is InChI=1S/C21H30N2O3/c1-5-26-20(24)11-17-10-19(14(2)3)18(9-15(17)4)13-23-21(25)16-7-6-8-22-12-16/h6-9,12,14,17-19H,5,10-11,13H2,1-4H3,(H,23,25). The fraction of sp³-hybridized carbons (Fsp3) is 0.571. The topological polar surface area (TPSA) is 68.3 Å². The number of allylic oxidation sites excluding steroid dienone is 1. The van der Waals surface area contributed by atoms with Crippen molar-refractivity contribution in [3.05, 3.63) is 41.7 Å². The van der Waals surface area contributed by atoms with Crippen LogP contribution in [-0.2, 0) is 9.53 Å². The third-order valence-electron chi connectivity index (χ3n) is 5.22. The molecule has 0 radical (unpaired) electrons. The zero-order valence-corrected chi connectivity index (χ0v) is 16.2. The molecule has 0 aliphatic heterocycles. The molecule has 2 rings (SSSR count). The Morgan fingerprint density at radius 2 is 2.15 bits per heavy atom. The molecular formula is C21H30N2O3. The summed E-state index contributed by atoms with van der Waals surface area (Å²) >= 11 is 0. The number of carbonyl (C=O) groups excluding carboxylic acids is 2. The molecule has 1 heterocycles. The Labute approximate surface area is 156 Å². The Morgan fingerprint density at radius 1 is 1.38 bits per heavy atom. The number of hydrogen-bond acceptors (Lipinski definition) is 4. The molecule has 0 saturated carbocycles. The van der Waals surface area contributed by atoms with Crippen LogP contribution in [0.25, 0.3) is 0 Å². The second kappa shape index (κ2) is 9.51. The number of amides is 1. The summed E-state index contributed by atoms with van der Waals surface area (Å²) < 4.78 is 5.11. The minimum absolute atomic E-state index is 0.0969. The van der Waals surface area contributed by atoms with Gasteiger partial charge in [0.05, 0.1) is 18.6 Å². The number of ether oxygens (including phenoxy) is 1. The zero-order chi connectivity index (χ0) is 19.1. The minimum atomic E-state index is -0.129. The summed E-state index contributed by atoms with van der Waals surface area (Å²) in [5.74, 6) is 1.17. The summed E-state index contributed by atoms with van der Waals surface area (Å²) in [6.07, 6.45) is 6.86.